The zero-order valence-electron chi connectivity index (χ0n) is 15.4. The van der Waals surface area contributed by atoms with Crippen LogP contribution in [-0.2, 0) is 24.2 Å². The minimum atomic E-state index is -3.04. The molecule has 148 valence electrons. The van der Waals surface area contributed by atoms with Crippen molar-refractivity contribution >= 4 is 21.7 Å². The summed E-state index contributed by atoms with van der Waals surface area (Å²) in [6.45, 7) is -0.394. The number of carbonyl (C=O) groups is 2. The van der Waals surface area contributed by atoms with E-state index in [2.05, 4.69) is 5.32 Å². The number of nitrogens with one attached hydrogen (secondary N) is 1. The number of esters is 1. The van der Waals surface area contributed by atoms with E-state index in [4.69, 9.17) is 4.74 Å². The van der Waals surface area contributed by atoms with E-state index in [9.17, 15) is 18.0 Å². The standard InChI is InChI=1S/C21H23NO5S/c23-19(14-27-20(24)13-16-11-12-28(25,26)15-16)22-21(17-7-3-1-4-8-17)18-9-5-2-6-10-18/h1-10,16,21H,11-15H2,(H,22,23)/t16-/m0/s1. The molecule has 2 aromatic carbocycles. The van der Waals surface area contributed by atoms with Crippen LogP contribution in [0.5, 0.6) is 0 Å². The largest absolute Gasteiger partial charge is 0.456 e. The molecule has 2 aromatic rings. The Hall–Kier alpha value is -2.67. The van der Waals surface area contributed by atoms with Crippen molar-refractivity contribution < 1.29 is 22.7 Å². The zero-order valence-corrected chi connectivity index (χ0v) is 16.2. The fourth-order valence-electron chi connectivity index (χ4n) is 3.33. The van der Waals surface area contributed by atoms with Crippen molar-refractivity contribution in [3.8, 4) is 0 Å². The van der Waals surface area contributed by atoms with Gasteiger partial charge in [-0.05, 0) is 23.5 Å². The van der Waals surface area contributed by atoms with E-state index in [0.717, 1.165) is 11.1 Å². The maximum atomic E-state index is 12.4. The Bertz CT molecular complexity index is 873. The van der Waals surface area contributed by atoms with Crippen LogP contribution >= 0.6 is 0 Å². The molecule has 1 aliphatic rings. The summed E-state index contributed by atoms with van der Waals surface area (Å²) in [5.74, 6) is -1.06. The van der Waals surface area contributed by atoms with Crippen LogP contribution in [0, 0.1) is 5.92 Å². The highest BCUT2D eigenvalue weighted by molar-refractivity contribution is 7.91. The molecule has 1 amide bonds. The molecule has 0 radical (unpaired) electrons. The van der Waals surface area contributed by atoms with Crippen molar-refractivity contribution in [2.45, 2.75) is 18.9 Å². The van der Waals surface area contributed by atoms with Gasteiger partial charge < -0.3 is 10.1 Å². The molecule has 0 saturated carbocycles. The van der Waals surface area contributed by atoms with Gasteiger partial charge in [0.1, 0.15) is 0 Å². The minimum absolute atomic E-state index is 0.0123. The van der Waals surface area contributed by atoms with Crippen LogP contribution in [0.15, 0.2) is 60.7 Å². The molecule has 1 heterocycles. The van der Waals surface area contributed by atoms with Crippen molar-refractivity contribution in [2.24, 2.45) is 5.92 Å². The van der Waals surface area contributed by atoms with Gasteiger partial charge in [-0.25, -0.2) is 8.42 Å². The van der Waals surface area contributed by atoms with E-state index < -0.39 is 28.3 Å². The Morgan fingerprint density at radius 1 is 1.00 bits per heavy atom. The highest BCUT2D eigenvalue weighted by Crippen LogP contribution is 2.23. The molecule has 0 aliphatic carbocycles. The molecule has 0 spiro atoms. The van der Waals surface area contributed by atoms with E-state index in [1.54, 1.807) is 0 Å². The van der Waals surface area contributed by atoms with Crippen LogP contribution in [0.4, 0.5) is 0 Å². The van der Waals surface area contributed by atoms with Gasteiger partial charge in [-0.1, -0.05) is 60.7 Å². The van der Waals surface area contributed by atoms with Crippen LogP contribution in [-0.4, -0.2) is 38.4 Å². The molecular formula is C21H23NO5S. The number of benzene rings is 2. The molecule has 1 atom stereocenters. The molecule has 0 unspecified atom stereocenters. The lowest BCUT2D eigenvalue weighted by Gasteiger charge is -2.20. The summed E-state index contributed by atoms with van der Waals surface area (Å²) in [5, 5.41) is 2.90. The van der Waals surface area contributed by atoms with Crippen LogP contribution in [0.25, 0.3) is 0 Å². The van der Waals surface area contributed by atoms with E-state index in [0.29, 0.717) is 6.42 Å². The average molecular weight is 401 g/mol. The predicted octanol–water partition coefficient (Wildman–Crippen LogP) is 2.26. The van der Waals surface area contributed by atoms with Gasteiger partial charge in [0.15, 0.2) is 16.4 Å². The fourth-order valence-corrected chi connectivity index (χ4v) is 5.19. The summed E-state index contributed by atoms with van der Waals surface area (Å²) in [7, 11) is -3.04. The van der Waals surface area contributed by atoms with Crippen molar-refractivity contribution in [1.29, 1.82) is 0 Å². The first kappa shape index (κ1) is 20.1. The first-order valence-corrected chi connectivity index (χ1v) is 11.0. The van der Waals surface area contributed by atoms with Crippen LogP contribution in [0.3, 0.4) is 0 Å². The van der Waals surface area contributed by atoms with Crippen molar-refractivity contribution in [3.63, 3.8) is 0 Å². The quantitative estimate of drug-likeness (QED) is 0.719. The summed E-state index contributed by atoms with van der Waals surface area (Å²) >= 11 is 0. The fraction of sp³-hybridized carbons (Fsp3) is 0.333. The highest BCUT2D eigenvalue weighted by atomic mass is 32.2. The number of ether oxygens (including phenoxy) is 1. The van der Waals surface area contributed by atoms with Crippen molar-refractivity contribution in [2.75, 3.05) is 18.1 Å². The molecule has 1 saturated heterocycles. The molecule has 1 aliphatic heterocycles. The summed E-state index contributed by atoms with van der Waals surface area (Å²) in [6.07, 6.45) is 0.487. The molecule has 7 heteroatoms. The molecule has 6 nitrogen and oxygen atoms in total. The van der Waals surface area contributed by atoms with Gasteiger partial charge in [0.05, 0.1) is 17.5 Å². The third-order valence-corrected chi connectivity index (χ3v) is 6.55. The van der Waals surface area contributed by atoms with Crippen LogP contribution in [0.2, 0.25) is 0 Å². The second-order valence-corrected chi connectivity index (χ2v) is 9.18. The second kappa shape index (κ2) is 9.01. The number of sulfone groups is 1. The molecule has 1 N–H and O–H groups in total. The average Bonchev–Trinajstić information content (AvgIpc) is 3.04. The van der Waals surface area contributed by atoms with Crippen LogP contribution < -0.4 is 5.32 Å². The third kappa shape index (κ3) is 5.66. The molecule has 28 heavy (non-hydrogen) atoms. The van der Waals surface area contributed by atoms with Crippen molar-refractivity contribution in [3.05, 3.63) is 71.8 Å². The highest BCUT2D eigenvalue weighted by Gasteiger charge is 2.30. The maximum Gasteiger partial charge on any atom is 0.306 e. The topological polar surface area (TPSA) is 89.5 Å². The molecule has 0 aromatic heterocycles. The first-order valence-electron chi connectivity index (χ1n) is 9.18. The van der Waals surface area contributed by atoms with Crippen molar-refractivity contribution in [1.82, 2.24) is 5.32 Å². The van der Waals surface area contributed by atoms with Gasteiger partial charge in [0.2, 0.25) is 0 Å². The van der Waals surface area contributed by atoms with E-state index in [1.807, 2.05) is 60.7 Å². The van der Waals surface area contributed by atoms with Gasteiger partial charge in [-0.3, -0.25) is 9.59 Å². The summed E-state index contributed by atoms with van der Waals surface area (Å²) in [4.78, 5) is 24.3. The summed E-state index contributed by atoms with van der Waals surface area (Å²) in [5.41, 5.74) is 1.84. The Morgan fingerprint density at radius 2 is 1.57 bits per heavy atom. The Labute approximate surface area is 164 Å². The van der Waals surface area contributed by atoms with Gasteiger partial charge >= 0.3 is 5.97 Å². The molecular weight excluding hydrogens is 378 g/mol. The van der Waals surface area contributed by atoms with Crippen LogP contribution in [0.1, 0.15) is 30.0 Å². The number of carbonyl (C=O) groups excluding carboxylic acids is 2. The van der Waals surface area contributed by atoms with E-state index in [1.165, 1.54) is 0 Å². The van der Waals surface area contributed by atoms with E-state index in [-0.39, 0.29) is 29.9 Å². The SMILES string of the molecule is O=C(COC(=O)C[C@@H]1CCS(=O)(=O)C1)NC(c1ccccc1)c1ccccc1. The Kier molecular flexibility index (Phi) is 6.46. The number of hydrogen-bond donors (Lipinski definition) is 1. The number of amides is 1. The Morgan fingerprint density at radius 3 is 2.07 bits per heavy atom. The normalized spacial score (nSPS) is 18.0. The van der Waals surface area contributed by atoms with Gasteiger partial charge in [0.25, 0.3) is 5.91 Å². The first-order chi connectivity index (χ1) is 13.4. The van der Waals surface area contributed by atoms with Gasteiger partial charge in [-0.2, -0.15) is 0 Å². The third-order valence-electron chi connectivity index (χ3n) is 4.72. The minimum Gasteiger partial charge on any atom is -0.456 e. The Balaban J connectivity index is 1.56. The maximum absolute atomic E-state index is 12.4. The number of hydrogen-bond acceptors (Lipinski definition) is 5. The monoisotopic (exact) mass is 401 g/mol. The molecule has 0 bridgehead atoms. The lowest BCUT2D eigenvalue weighted by Crippen LogP contribution is -2.33. The lowest BCUT2D eigenvalue weighted by atomic mass is 9.99. The summed E-state index contributed by atoms with van der Waals surface area (Å²) in [6, 6.07) is 18.7. The van der Waals surface area contributed by atoms with Gasteiger partial charge in [0, 0.05) is 6.42 Å². The second-order valence-electron chi connectivity index (χ2n) is 6.96. The molecule has 3 rings (SSSR count). The van der Waals surface area contributed by atoms with E-state index >= 15 is 0 Å². The predicted molar refractivity (Wildman–Crippen MR) is 105 cm³/mol. The summed E-state index contributed by atoms with van der Waals surface area (Å²) < 4.78 is 28.0. The molecule has 1 fully saturated rings. The van der Waals surface area contributed by atoms with Gasteiger partial charge in [-0.15, -0.1) is 0 Å². The number of rotatable bonds is 7. The smallest absolute Gasteiger partial charge is 0.306 e. The zero-order chi connectivity index (χ0) is 20.0. The lowest BCUT2D eigenvalue weighted by molar-refractivity contribution is -0.149.